The van der Waals surface area contributed by atoms with Gasteiger partial charge in [-0.3, -0.25) is 4.90 Å². The lowest BCUT2D eigenvalue weighted by Crippen LogP contribution is -2.49. The molecule has 1 fully saturated rings. The predicted molar refractivity (Wildman–Crippen MR) is 71.0 cm³/mol. The molecule has 8 heteroatoms. The Balaban J connectivity index is 2.16. The van der Waals surface area contributed by atoms with Gasteiger partial charge in [0.25, 0.3) is 0 Å². The molecular weight excluding hydrogens is 293 g/mol. The quantitative estimate of drug-likeness (QED) is 0.786. The highest BCUT2D eigenvalue weighted by atomic mass is 35.5. The van der Waals surface area contributed by atoms with Gasteiger partial charge in [-0.25, -0.2) is 9.97 Å². The van der Waals surface area contributed by atoms with Crippen LogP contribution in [0.2, 0.25) is 5.28 Å². The third-order valence-electron chi connectivity index (χ3n) is 3.34. The topological polar surface area (TPSA) is 32.3 Å². The summed E-state index contributed by atoms with van der Waals surface area (Å²) in [4.78, 5) is 11.2. The SMILES string of the molecule is CC(C)N1CCN(c2cc(C(F)(F)F)nc(Cl)n2)CC1. The van der Waals surface area contributed by atoms with Crippen LogP contribution in [0.5, 0.6) is 0 Å². The van der Waals surface area contributed by atoms with Crippen molar-refractivity contribution in [2.45, 2.75) is 26.1 Å². The summed E-state index contributed by atoms with van der Waals surface area (Å²) < 4.78 is 38.1. The van der Waals surface area contributed by atoms with Crippen LogP contribution in [0.25, 0.3) is 0 Å². The first-order valence-electron chi connectivity index (χ1n) is 6.38. The van der Waals surface area contributed by atoms with Crippen molar-refractivity contribution in [3.05, 3.63) is 17.0 Å². The highest BCUT2D eigenvalue weighted by molar-refractivity contribution is 6.28. The summed E-state index contributed by atoms with van der Waals surface area (Å²) in [6.45, 7) is 7.03. The van der Waals surface area contributed by atoms with E-state index in [0.717, 1.165) is 19.2 Å². The second kappa shape index (κ2) is 5.73. The standard InChI is InChI=1S/C12H16ClF3N4/c1-8(2)19-3-5-20(6-4-19)10-7-9(12(14,15)16)17-11(13)18-10/h7-8H,3-6H2,1-2H3. The summed E-state index contributed by atoms with van der Waals surface area (Å²) in [5, 5.41) is -0.374. The summed E-state index contributed by atoms with van der Waals surface area (Å²) in [6, 6.07) is 1.38. The van der Waals surface area contributed by atoms with Gasteiger partial charge < -0.3 is 4.90 Å². The van der Waals surface area contributed by atoms with E-state index in [0.29, 0.717) is 19.1 Å². The molecule has 0 spiro atoms. The van der Waals surface area contributed by atoms with E-state index in [1.165, 1.54) is 0 Å². The smallest absolute Gasteiger partial charge is 0.354 e. The first-order valence-corrected chi connectivity index (χ1v) is 6.76. The molecule has 4 nitrogen and oxygen atoms in total. The Morgan fingerprint density at radius 1 is 1.15 bits per heavy atom. The monoisotopic (exact) mass is 308 g/mol. The Kier molecular flexibility index (Phi) is 4.39. The van der Waals surface area contributed by atoms with Crippen LogP contribution in [-0.2, 0) is 6.18 Å². The molecule has 0 atom stereocenters. The minimum absolute atomic E-state index is 0.237. The van der Waals surface area contributed by atoms with E-state index in [1.54, 1.807) is 0 Å². The molecule has 20 heavy (non-hydrogen) atoms. The number of alkyl halides is 3. The number of halogens is 4. The summed E-state index contributed by atoms with van der Waals surface area (Å²) >= 11 is 5.60. The van der Waals surface area contributed by atoms with Gasteiger partial charge in [0.2, 0.25) is 5.28 Å². The first kappa shape index (κ1) is 15.3. The molecule has 0 N–H and O–H groups in total. The lowest BCUT2D eigenvalue weighted by Gasteiger charge is -2.37. The van der Waals surface area contributed by atoms with E-state index in [-0.39, 0.29) is 11.1 Å². The lowest BCUT2D eigenvalue weighted by atomic mass is 10.2. The van der Waals surface area contributed by atoms with Gasteiger partial charge in [-0.05, 0) is 25.4 Å². The van der Waals surface area contributed by atoms with Crippen molar-refractivity contribution in [1.82, 2.24) is 14.9 Å². The second-order valence-corrected chi connectivity index (χ2v) is 5.33. The van der Waals surface area contributed by atoms with Crippen LogP contribution in [0.4, 0.5) is 19.0 Å². The third-order valence-corrected chi connectivity index (χ3v) is 3.51. The van der Waals surface area contributed by atoms with Crippen molar-refractivity contribution in [1.29, 1.82) is 0 Å². The molecule has 2 rings (SSSR count). The van der Waals surface area contributed by atoms with E-state index >= 15 is 0 Å². The van der Waals surface area contributed by atoms with Crippen LogP contribution in [0.15, 0.2) is 6.07 Å². The fourth-order valence-electron chi connectivity index (χ4n) is 2.18. The maximum absolute atomic E-state index is 12.7. The van der Waals surface area contributed by atoms with Crippen LogP contribution < -0.4 is 4.90 Å². The van der Waals surface area contributed by atoms with Crippen LogP contribution in [0.3, 0.4) is 0 Å². The zero-order valence-electron chi connectivity index (χ0n) is 11.3. The van der Waals surface area contributed by atoms with Crippen molar-refractivity contribution in [2.75, 3.05) is 31.1 Å². The molecule has 0 aromatic carbocycles. The Morgan fingerprint density at radius 3 is 2.25 bits per heavy atom. The Labute approximate surface area is 120 Å². The maximum Gasteiger partial charge on any atom is 0.433 e. The lowest BCUT2D eigenvalue weighted by molar-refractivity contribution is -0.141. The Bertz CT molecular complexity index is 470. The molecule has 1 aromatic heterocycles. The first-order chi connectivity index (χ1) is 9.27. The zero-order chi connectivity index (χ0) is 14.9. The van der Waals surface area contributed by atoms with E-state index < -0.39 is 11.9 Å². The van der Waals surface area contributed by atoms with Gasteiger partial charge in [0, 0.05) is 38.3 Å². The van der Waals surface area contributed by atoms with Crippen molar-refractivity contribution >= 4 is 17.4 Å². The van der Waals surface area contributed by atoms with Crippen LogP contribution in [0, 0.1) is 0 Å². The van der Waals surface area contributed by atoms with Gasteiger partial charge in [0.15, 0.2) is 5.69 Å². The van der Waals surface area contributed by atoms with Crippen molar-refractivity contribution in [2.24, 2.45) is 0 Å². The zero-order valence-corrected chi connectivity index (χ0v) is 12.0. The van der Waals surface area contributed by atoms with Gasteiger partial charge in [-0.15, -0.1) is 0 Å². The van der Waals surface area contributed by atoms with Gasteiger partial charge >= 0.3 is 6.18 Å². The largest absolute Gasteiger partial charge is 0.433 e. The van der Waals surface area contributed by atoms with E-state index in [1.807, 2.05) is 4.90 Å². The average molecular weight is 309 g/mol. The van der Waals surface area contributed by atoms with E-state index in [2.05, 4.69) is 28.7 Å². The molecule has 0 amide bonds. The molecule has 0 bridgehead atoms. The molecule has 0 aliphatic carbocycles. The molecule has 1 saturated heterocycles. The number of hydrogen-bond acceptors (Lipinski definition) is 4. The van der Waals surface area contributed by atoms with Gasteiger partial charge in [-0.2, -0.15) is 13.2 Å². The molecule has 0 radical (unpaired) electrons. The third kappa shape index (κ3) is 3.52. The van der Waals surface area contributed by atoms with Crippen molar-refractivity contribution < 1.29 is 13.2 Å². The summed E-state index contributed by atoms with van der Waals surface area (Å²) in [5.41, 5.74) is -1.00. The van der Waals surface area contributed by atoms with Crippen molar-refractivity contribution in [3.63, 3.8) is 0 Å². The summed E-state index contributed by atoms with van der Waals surface area (Å²) in [5.74, 6) is 0.237. The molecule has 1 aromatic rings. The second-order valence-electron chi connectivity index (χ2n) is 4.99. The molecule has 2 heterocycles. The number of aromatic nitrogens is 2. The van der Waals surface area contributed by atoms with E-state index in [9.17, 15) is 13.2 Å². The molecule has 0 saturated carbocycles. The number of anilines is 1. The van der Waals surface area contributed by atoms with Crippen LogP contribution in [0.1, 0.15) is 19.5 Å². The highest BCUT2D eigenvalue weighted by Crippen LogP contribution is 2.30. The Hall–Kier alpha value is -1.08. The van der Waals surface area contributed by atoms with Gasteiger partial charge in [0.1, 0.15) is 5.82 Å². The number of rotatable bonds is 2. The van der Waals surface area contributed by atoms with Crippen LogP contribution in [-0.4, -0.2) is 47.1 Å². The number of nitrogens with zero attached hydrogens (tertiary/aromatic N) is 4. The molecule has 1 aliphatic heterocycles. The average Bonchev–Trinajstić information content (AvgIpc) is 2.37. The van der Waals surface area contributed by atoms with E-state index in [4.69, 9.17) is 11.6 Å². The molecule has 112 valence electrons. The minimum atomic E-state index is -4.51. The highest BCUT2D eigenvalue weighted by Gasteiger charge is 2.34. The van der Waals surface area contributed by atoms with Crippen molar-refractivity contribution in [3.8, 4) is 0 Å². The normalized spacial score (nSPS) is 17.9. The fourth-order valence-corrected chi connectivity index (χ4v) is 2.36. The number of piperazine rings is 1. The molecule has 1 aliphatic rings. The predicted octanol–water partition coefficient (Wildman–Crippen LogP) is 2.68. The summed E-state index contributed by atoms with van der Waals surface area (Å²) in [6.07, 6.45) is -4.51. The molecule has 0 unspecified atom stereocenters. The van der Waals surface area contributed by atoms with Gasteiger partial charge in [-0.1, -0.05) is 0 Å². The number of hydrogen-bond donors (Lipinski definition) is 0. The fraction of sp³-hybridized carbons (Fsp3) is 0.667. The molecular formula is C12H16ClF3N4. The maximum atomic E-state index is 12.7. The van der Waals surface area contributed by atoms with Gasteiger partial charge in [0.05, 0.1) is 0 Å². The van der Waals surface area contributed by atoms with Crippen LogP contribution >= 0.6 is 11.6 Å². The minimum Gasteiger partial charge on any atom is -0.354 e. The Morgan fingerprint density at radius 2 is 1.75 bits per heavy atom. The summed E-state index contributed by atoms with van der Waals surface area (Å²) in [7, 11) is 0.